The van der Waals surface area contributed by atoms with E-state index in [1.807, 2.05) is 43.7 Å². The van der Waals surface area contributed by atoms with Crippen LogP contribution in [0.1, 0.15) is 11.1 Å². The predicted molar refractivity (Wildman–Crippen MR) is 89.4 cm³/mol. The van der Waals surface area contributed by atoms with Crippen LogP contribution >= 0.6 is 0 Å². The van der Waals surface area contributed by atoms with Gasteiger partial charge in [0.25, 0.3) is 0 Å². The van der Waals surface area contributed by atoms with Crippen molar-refractivity contribution in [2.75, 3.05) is 19.1 Å². The molecule has 0 aliphatic rings. The number of benzene rings is 1. The molecule has 112 valence electrons. The van der Waals surface area contributed by atoms with Crippen LogP contribution < -0.4 is 9.64 Å². The van der Waals surface area contributed by atoms with Gasteiger partial charge in [-0.1, -0.05) is 0 Å². The van der Waals surface area contributed by atoms with Crippen LogP contribution in [-0.4, -0.2) is 24.1 Å². The molecule has 4 nitrogen and oxygen atoms in total. The molecule has 2 heterocycles. The zero-order chi connectivity index (χ0) is 15.5. The summed E-state index contributed by atoms with van der Waals surface area (Å²) < 4.78 is 5.30. The number of ether oxygens (including phenoxy) is 1. The van der Waals surface area contributed by atoms with Crippen molar-refractivity contribution in [3.05, 3.63) is 59.9 Å². The van der Waals surface area contributed by atoms with Crippen molar-refractivity contribution in [1.29, 1.82) is 0 Å². The average molecular weight is 293 g/mol. The summed E-state index contributed by atoms with van der Waals surface area (Å²) in [6.45, 7) is 2.91. The highest BCUT2D eigenvalue weighted by molar-refractivity contribution is 5.85. The van der Waals surface area contributed by atoms with E-state index in [2.05, 4.69) is 28.9 Å². The highest BCUT2D eigenvalue weighted by Crippen LogP contribution is 2.26. The van der Waals surface area contributed by atoms with Gasteiger partial charge >= 0.3 is 0 Å². The van der Waals surface area contributed by atoms with Gasteiger partial charge in [0.1, 0.15) is 11.6 Å². The van der Waals surface area contributed by atoms with E-state index >= 15 is 0 Å². The summed E-state index contributed by atoms with van der Waals surface area (Å²) >= 11 is 0. The molecular formula is C18H19N3O. The molecule has 0 aliphatic carbocycles. The van der Waals surface area contributed by atoms with Crippen molar-refractivity contribution in [3.8, 4) is 5.75 Å². The summed E-state index contributed by atoms with van der Waals surface area (Å²) in [6, 6.07) is 12.2. The van der Waals surface area contributed by atoms with E-state index in [1.54, 1.807) is 7.11 Å². The lowest BCUT2D eigenvalue weighted by Crippen LogP contribution is -2.17. The van der Waals surface area contributed by atoms with Gasteiger partial charge in [0.15, 0.2) is 0 Å². The zero-order valence-corrected chi connectivity index (χ0v) is 13.1. The standard InChI is InChI=1S/C18H19N3O/c1-13-10-18(21(2)12-14-6-8-19-9-7-14)20-17-11-15(22-3)4-5-16(13)17/h4-11H,12H2,1-3H3. The van der Waals surface area contributed by atoms with Crippen molar-refractivity contribution >= 4 is 16.7 Å². The molecule has 0 fully saturated rings. The second kappa shape index (κ2) is 6.02. The maximum absolute atomic E-state index is 5.30. The second-order valence-electron chi connectivity index (χ2n) is 5.39. The van der Waals surface area contributed by atoms with Crippen molar-refractivity contribution in [1.82, 2.24) is 9.97 Å². The molecule has 0 saturated carbocycles. The van der Waals surface area contributed by atoms with Crippen LogP contribution in [0.15, 0.2) is 48.8 Å². The molecule has 2 aromatic heterocycles. The number of aryl methyl sites for hydroxylation is 1. The number of pyridine rings is 2. The van der Waals surface area contributed by atoms with Crippen LogP contribution in [0.5, 0.6) is 5.75 Å². The molecule has 0 bridgehead atoms. The topological polar surface area (TPSA) is 38.2 Å². The number of hydrogen-bond acceptors (Lipinski definition) is 4. The third-order valence-corrected chi connectivity index (χ3v) is 3.77. The maximum atomic E-state index is 5.30. The third kappa shape index (κ3) is 2.86. The number of nitrogens with zero attached hydrogens (tertiary/aromatic N) is 3. The van der Waals surface area contributed by atoms with Crippen molar-refractivity contribution < 1.29 is 4.74 Å². The molecule has 0 unspecified atom stereocenters. The Hall–Kier alpha value is -2.62. The van der Waals surface area contributed by atoms with Gasteiger partial charge in [-0.25, -0.2) is 4.98 Å². The number of methoxy groups -OCH3 is 1. The lowest BCUT2D eigenvalue weighted by atomic mass is 10.1. The molecule has 0 radical (unpaired) electrons. The lowest BCUT2D eigenvalue weighted by Gasteiger charge is -2.19. The third-order valence-electron chi connectivity index (χ3n) is 3.77. The molecule has 22 heavy (non-hydrogen) atoms. The lowest BCUT2D eigenvalue weighted by molar-refractivity contribution is 0.415. The van der Waals surface area contributed by atoms with E-state index in [1.165, 1.54) is 11.1 Å². The molecule has 0 aliphatic heterocycles. The van der Waals surface area contributed by atoms with Crippen LogP contribution in [0.3, 0.4) is 0 Å². The van der Waals surface area contributed by atoms with Gasteiger partial charge in [0.05, 0.1) is 12.6 Å². The van der Waals surface area contributed by atoms with E-state index < -0.39 is 0 Å². The van der Waals surface area contributed by atoms with Gasteiger partial charge in [-0.05, 0) is 48.4 Å². The zero-order valence-electron chi connectivity index (χ0n) is 13.1. The summed E-state index contributed by atoms with van der Waals surface area (Å²) in [7, 11) is 3.72. The molecule has 3 rings (SSSR count). The first kappa shape index (κ1) is 14.3. The Kier molecular flexibility index (Phi) is 3.92. The molecule has 3 aromatic rings. The first-order valence-electron chi connectivity index (χ1n) is 7.23. The Bertz CT molecular complexity index is 787. The Balaban J connectivity index is 1.96. The Morgan fingerprint density at radius 1 is 1.09 bits per heavy atom. The minimum Gasteiger partial charge on any atom is -0.497 e. The maximum Gasteiger partial charge on any atom is 0.129 e. The fraction of sp³-hybridized carbons (Fsp3) is 0.222. The SMILES string of the molecule is COc1ccc2c(C)cc(N(C)Cc3ccncc3)nc2c1. The van der Waals surface area contributed by atoms with Crippen LogP contribution in [0.4, 0.5) is 5.82 Å². The van der Waals surface area contributed by atoms with Gasteiger partial charge in [-0.3, -0.25) is 4.98 Å². The summed E-state index contributed by atoms with van der Waals surface area (Å²) in [5.41, 5.74) is 3.38. The predicted octanol–water partition coefficient (Wildman–Crippen LogP) is 3.58. The summed E-state index contributed by atoms with van der Waals surface area (Å²) in [5.74, 6) is 1.78. The highest BCUT2D eigenvalue weighted by atomic mass is 16.5. The summed E-state index contributed by atoms with van der Waals surface area (Å²) in [4.78, 5) is 11.0. The van der Waals surface area contributed by atoms with Gasteiger partial charge in [-0.2, -0.15) is 0 Å². The molecule has 0 amide bonds. The first-order valence-corrected chi connectivity index (χ1v) is 7.23. The normalized spacial score (nSPS) is 10.7. The van der Waals surface area contributed by atoms with Crippen molar-refractivity contribution in [2.24, 2.45) is 0 Å². The fourth-order valence-electron chi connectivity index (χ4n) is 2.53. The highest BCUT2D eigenvalue weighted by Gasteiger charge is 2.08. The fourth-order valence-corrected chi connectivity index (χ4v) is 2.53. The van der Waals surface area contributed by atoms with Crippen LogP contribution in [0.2, 0.25) is 0 Å². The largest absolute Gasteiger partial charge is 0.497 e. The van der Waals surface area contributed by atoms with Gasteiger partial charge < -0.3 is 9.64 Å². The van der Waals surface area contributed by atoms with E-state index in [0.29, 0.717) is 0 Å². The van der Waals surface area contributed by atoms with Crippen LogP contribution in [0, 0.1) is 6.92 Å². The molecule has 1 aromatic carbocycles. The number of rotatable bonds is 4. The second-order valence-corrected chi connectivity index (χ2v) is 5.39. The quantitative estimate of drug-likeness (QED) is 0.737. The van der Waals surface area contributed by atoms with E-state index in [-0.39, 0.29) is 0 Å². The Labute approximate surface area is 130 Å². The number of fused-ring (bicyclic) bond motifs is 1. The minimum absolute atomic E-state index is 0.796. The average Bonchev–Trinajstić information content (AvgIpc) is 2.55. The first-order chi connectivity index (χ1) is 10.7. The molecule has 0 atom stereocenters. The Morgan fingerprint density at radius 3 is 2.59 bits per heavy atom. The number of anilines is 1. The number of aromatic nitrogens is 2. The smallest absolute Gasteiger partial charge is 0.129 e. The molecule has 0 saturated heterocycles. The van der Waals surface area contributed by atoms with Crippen molar-refractivity contribution in [2.45, 2.75) is 13.5 Å². The van der Waals surface area contributed by atoms with Crippen LogP contribution in [0.25, 0.3) is 10.9 Å². The van der Waals surface area contributed by atoms with Crippen LogP contribution in [-0.2, 0) is 6.54 Å². The Morgan fingerprint density at radius 2 is 1.86 bits per heavy atom. The minimum atomic E-state index is 0.796. The van der Waals surface area contributed by atoms with Gasteiger partial charge in [0, 0.05) is 37.4 Å². The molecule has 4 heteroatoms. The van der Waals surface area contributed by atoms with Gasteiger partial charge in [0.2, 0.25) is 0 Å². The van der Waals surface area contributed by atoms with Gasteiger partial charge in [-0.15, -0.1) is 0 Å². The van der Waals surface area contributed by atoms with E-state index in [4.69, 9.17) is 9.72 Å². The summed E-state index contributed by atoms with van der Waals surface area (Å²) in [5, 5.41) is 1.15. The van der Waals surface area contributed by atoms with E-state index in [0.717, 1.165) is 29.0 Å². The van der Waals surface area contributed by atoms with E-state index in [9.17, 15) is 0 Å². The molecule has 0 spiro atoms. The molecular weight excluding hydrogens is 274 g/mol. The van der Waals surface area contributed by atoms with Crippen molar-refractivity contribution in [3.63, 3.8) is 0 Å². The number of hydrogen-bond donors (Lipinski definition) is 0. The summed E-state index contributed by atoms with van der Waals surface area (Å²) in [6.07, 6.45) is 3.63. The monoisotopic (exact) mass is 293 g/mol. The molecule has 0 N–H and O–H groups in total.